The van der Waals surface area contributed by atoms with Gasteiger partial charge < -0.3 is 10.1 Å². The summed E-state index contributed by atoms with van der Waals surface area (Å²) in [5.74, 6) is 0.551. The molecular weight excluding hydrogens is 320 g/mol. The maximum absolute atomic E-state index is 12.4. The van der Waals surface area contributed by atoms with Gasteiger partial charge >= 0.3 is 0 Å². The molecule has 0 aliphatic carbocycles. The van der Waals surface area contributed by atoms with Crippen LogP contribution < -0.4 is 5.32 Å². The van der Waals surface area contributed by atoms with Crippen LogP contribution in [0, 0.1) is 0 Å². The van der Waals surface area contributed by atoms with E-state index >= 15 is 0 Å². The van der Waals surface area contributed by atoms with Crippen molar-refractivity contribution >= 4 is 5.91 Å². The summed E-state index contributed by atoms with van der Waals surface area (Å²) in [6.45, 7) is 6.71. The maximum atomic E-state index is 12.4. The number of nitrogens with zero attached hydrogens (tertiary/aromatic N) is 5. The molecule has 0 aromatic carbocycles. The van der Waals surface area contributed by atoms with E-state index in [1.54, 1.807) is 26.2 Å². The number of aromatic nitrogens is 5. The summed E-state index contributed by atoms with van der Waals surface area (Å²) >= 11 is 0. The van der Waals surface area contributed by atoms with Crippen molar-refractivity contribution in [2.45, 2.75) is 57.7 Å². The number of amides is 1. The van der Waals surface area contributed by atoms with Crippen LogP contribution in [-0.2, 0) is 27.2 Å². The molecule has 1 aliphatic heterocycles. The second-order valence-electron chi connectivity index (χ2n) is 7.03. The molecule has 2 aromatic rings. The van der Waals surface area contributed by atoms with E-state index in [9.17, 15) is 4.79 Å². The number of rotatable bonds is 5. The van der Waals surface area contributed by atoms with Crippen LogP contribution in [0.3, 0.4) is 0 Å². The van der Waals surface area contributed by atoms with Gasteiger partial charge in [0.05, 0.1) is 0 Å². The van der Waals surface area contributed by atoms with E-state index in [1.165, 1.54) is 17.3 Å². The molecule has 134 valence electrons. The second-order valence-corrected chi connectivity index (χ2v) is 7.03. The molecule has 1 amide bonds. The molecule has 0 bridgehead atoms. The Kier molecular flexibility index (Phi) is 4.80. The molecule has 0 unspecified atom stereocenters. The summed E-state index contributed by atoms with van der Waals surface area (Å²) in [6, 6.07) is 0. The lowest BCUT2D eigenvalue weighted by molar-refractivity contribution is -0.129. The van der Waals surface area contributed by atoms with Gasteiger partial charge in [0.2, 0.25) is 5.91 Å². The van der Waals surface area contributed by atoms with Gasteiger partial charge in [0, 0.05) is 31.1 Å². The van der Waals surface area contributed by atoms with E-state index < -0.39 is 11.1 Å². The minimum absolute atomic E-state index is 0.148. The normalized spacial score (nSPS) is 21.1. The van der Waals surface area contributed by atoms with Crippen LogP contribution in [-0.4, -0.2) is 37.2 Å². The van der Waals surface area contributed by atoms with E-state index in [-0.39, 0.29) is 5.91 Å². The van der Waals surface area contributed by atoms with Gasteiger partial charge in [-0.3, -0.25) is 4.79 Å². The molecular formula is C17H24N6O2. The summed E-state index contributed by atoms with van der Waals surface area (Å²) in [4.78, 5) is 25.2. The Morgan fingerprint density at radius 1 is 1.36 bits per heavy atom. The van der Waals surface area contributed by atoms with Crippen molar-refractivity contribution in [3.05, 3.63) is 36.4 Å². The van der Waals surface area contributed by atoms with Crippen LogP contribution in [0.15, 0.2) is 25.0 Å². The maximum Gasteiger partial charge on any atom is 0.247 e. The van der Waals surface area contributed by atoms with Gasteiger partial charge in [-0.2, -0.15) is 5.10 Å². The number of carbonyl (C=O) groups excluding carboxylic acids is 1. The summed E-state index contributed by atoms with van der Waals surface area (Å²) < 4.78 is 7.40. The molecule has 1 N–H and O–H groups in total. The van der Waals surface area contributed by atoms with E-state index in [4.69, 9.17) is 4.74 Å². The first-order chi connectivity index (χ1) is 11.9. The first kappa shape index (κ1) is 17.5. The summed E-state index contributed by atoms with van der Waals surface area (Å²) in [6.07, 6.45) is 9.56. The third-order valence-corrected chi connectivity index (χ3v) is 4.65. The van der Waals surface area contributed by atoms with Gasteiger partial charge in [0.1, 0.15) is 23.8 Å². The van der Waals surface area contributed by atoms with Crippen molar-refractivity contribution < 1.29 is 9.53 Å². The first-order valence-corrected chi connectivity index (χ1v) is 8.50. The van der Waals surface area contributed by atoms with Crippen molar-refractivity contribution in [1.29, 1.82) is 0 Å². The highest BCUT2D eigenvalue weighted by Gasteiger charge is 2.33. The predicted octanol–water partition coefficient (Wildman–Crippen LogP) is 1.54. The fraction of sp³-hybridized carbons (Fsp3) is 0.588. The Bertz CT molecular complexity index is 705. The Labute approximate surface area is 147 Å². The third kappa shape index (κ3) is 3.68. The molecule has 2 aromatic heterocycles. The number of ether oxygens (including phenoxy) is 1. The minimum Gasteiger partial charge on any atom is -0.367 e. The second kappa shape index (κ2) is 6.87. The van der Waals surface area contributed by atoms with Crippen LogP contribution in [0.1, 0.15) is 51.4 Å². The van der Waals surface area contributed by atoms with Crippen molar-refractivity contribution in [3.8, 4) is 0 Å². The Morgan fingerprint density at radius 3 is 2.72 bits per heavy atom. The van der Waals surface area contributed by atoms with Gasteiger partial charge in [-0.15, -0.1) is 0 Å². The predicted molar refractivity (Wildman–Crippen MR) is 90.4 cm³/mol. The lowest BCUT2D eigenvalue weighted by Crippen LogP contribution is -2.44. The highest BCUT2D eigenvalue weighted by atomic mass is 16.5. The third-order valence-electron chi connectivity index (χ3n) is 4.65. The molecule has 8 heteroatoms. The lowest BCUT2D eigenvalue weighted by Gasteiger charge is -2.32. The fourth-order valence-electron chi connectivity index (χ4n) is 2.83. The van der Waals surface area contributed by atoms with Gasteiger partial charge in [-0.1, -0.05) is 0 Å². The lowest BCUT2D eigenvalue weighted by atomic mass is 9.95. The van der Waals surface area contributed by atoms with E-state index in [0.29, 0.717) is 12.4 Å². The van der Waals surface area contributed by atoms with Gasteiger partial charge in [0.15, 0.2) is 5.82 Å². The average Bonchev–Trinajstić information content (AvgIpc) is 3.16. The highest BCUT2D eigenvalue weighted by molar-refractivity contribution is 5.83. The monoisotopic (exact) mass is 344 g/mol. The topological polar surface area (TPSA) is 94.8 Å². The Hall–Kier alpha value is -2.35. The number of carbonyl (C=O) groups is 1. The smallest absolute Gasteiger partial charge is 0.247 e. The molecule has 0 spiro atoms. The highest BCUT2D eigenvalue weighted by Crippen LogP contribution is 2.32. The van der Waals surface area contributed by atoms with E-state index in [1.807, 2.05) is 6.92 Å². The zero-order valence-corrected chi connectivity index (χ0v) is 14.9. The van der Waals surface area contributed by atoms with Crippen molar-refractivity contribution in [2.24, 2.45) is 0 Å². The van der Waals surface area contributed by atoms with Gasteiger partial charge in [-0.05, 0) is 40.0 Å². The van der Waals surface area contributed by atoms with E-state index in [2.05, 4.69) is 25.4 Å². The van der Waals surface area contributed by atoms with Crippen LogP contribution in [0.5, 0.6) is 0 Å². The Morgan fingerprint density at radius 2 is 2.12 bits per heavy atom. The SMILES string of the molecule is CC(C)(C(=O)NCc1cnc([C@]2(C)CCCCO2)nc1)n1cncn1. The molecule has 3 rings (SSSR count). The molecule has 0 radical (unpaired) electrons. The molecule has 1 saturated heterocycles. The summed E-state index contributed by atoms with van der Waals surface area (Å²) in [7, 11) is 0. The number of hydrogen-bond donors (Lipinski definition) is 1. The van der Waals surface area contributed by atoms with Crippen LogP contribution in [0.4, 0.5) is 0 Å². The average molecular weight is 344 g/mol. The quantitative estimate of drug-likeness (QED) is 0.884. The van der Waals surface area contributed by atoms with Crippen LogP contribution in [0.25, 0.3) is 0 Å². The zero-order valence-electron chi connectivity index (χ0n) is 14.9. The van der Waals surface area contributed by atoms with Crippen LogP contribution in [0.2, 0.25) is 0 Å². The molecule has 1 aliphatic rings. The molecule has 25 heavy (non-hydrogen) atoms. The van der Waals surface area contributed by atoms with Crippen molar-refractivity contribution in [1.82, 2.24) is 30.0 Å². The molecule has 0 saturated carbocycles. The molecule has 8 nitrogen and oxygen atoms in total. The number of nitrogens with one attached hydrogen (secondary N) is 1. The van der Waals surface area contributed by atoms with Crippen molar-refractivity contribution in [3.63, 3.8) is 0 Å². The zero-order chi connectivity index (χ0) is 17.9. The molecule has 1 atom stereocenters. The Balaban J connectivity index is 1.61. The van der Waals surface area contributed by atoms with Crippen LogP contribution >= 0.6 is 0 Å². The van der Waals surface area contributed by atoms with Crippen molar-refractivity contribution in [2.75, 3.05) is 6.61 Å². The van der Waals surface area contributed by atoms with Gasteiger partial charge in [0.25, 0.3) is 0 Å². The largest absolute Gasteiger partial charge is 0.367 e. The van der Waals surface area contributed by atoms with Gasteiger partial charge in [-0.25, -0.2) is 19.6 Å². The molecule has 1 fully saturated rings. The number of hydrogen-bond acceptors (Lipinski definition) is 6. The summed E-state index contributed by atoms with van der Waals surface area (Å²) in [5, 5.41) is 6.94. The minimum atomic E-state index is -0.819. The fourth-order valence-corrected chi connectivity index (χ4v) is 2.83. The first-order valence-electron chi connectivity index (χ1n) is 8.50. The molecule has 3 heterocycles. The van der Waals surface area contributed by atoms with E-state index in [0.717, 1.165) is 31.4 Å². The standard InChI is InChI=1S/C17H24N6O2/c1-16(2,23-12-18-11-22-23)15(24)21-10-13-8-19-14(20-9-13)17(3)6-4-5-7-25-17/h8-9,11-12H,4-7,10H2,1-3H3,(H,21,24)/t17-/m0/s1. The summed E-state index contributed by atoms with van der Waals surface area (Å²) in [5.41, 5.74) is -0.388.